The van der Waals surface area contributed by atoms with Crippen LogP contribution in [0.1, 0.15) is 99.3 Å². The van der Waals surface area contributed by atoms with Gasteiger partial charge in [0.15, 0.2) is 6.29 Å². The van der Waals surface area contributed by atoms with Crippen LogP contribution in [0.4, 0.5) is 0 Å². The van der Waals surface area contributed by atoms with E-state index in [1.165, 1.54) is 18.4 Å². The van der Waals surface area contributed by atoms with Crippen molar-refractivity contribution in [1.29, 1.82) is 0 Å². The first-order valence-electron chi connectivity index (χ1n) is 16.7. The Kier molecular flexibility index (Phi) is 9.19. The standard InChI is InChI=1S/C35H58O7/c1-19(2)21(4)27(36)16-20(3)24-11-14-34(7)26-9-8-25-22(5)29(42-32-31(39)30(38)28(37)18-41-32)12-15-35(25,40)17-23(26)10-13-33(24,34)6/h10,19-20,22,24-32,36-40H,4,8-9,11-18H2,1-3,5-7H3/t20-,22+,24-,25+,26-,27-,28-,29+,30+,31-,32+,33-,34+,35+/m1/s1. The third-order valence-electron chi connectivity index (χ3n) is 13.4. The number of hydrogen-bond acceptors (Lipinski definition) is 7. The largest absolute Gasteiger partial charge is 0.389 e. The Balaban J connectivity index is 1.31. The van der Waals surface area contributed by atoms with Gasteiger partial charge in [-0.15, -0.1) is 0 Å². The average Bonchev–Trinajstić information content (AvgIpc) is 3.10. The molecular weight excluding hydrogens is 532 g/mol. The number of aliphatic hydroxyl groups excluding tert-OH is 4. The van der Waals surface area contributed by atoms with Crippen molar-refractivity contribution in [2.45, 2.75) is 142 Å². The summed E-state index contributed by atoms with van der Waals surface area (Å²) in [6, 6.07) is 0. The number of allylic oxidation sites excluding steroid dienone is 1. The Labute approximate surface area is 253 Å². The van der Waals surface area contributed by atoms with Gasteiger partial charge in [0.25, 0.3) is 0 Å². The molecule has 0 spiro atoms. The highest BCUT2D eigenvalue weighted by molar-refractivity contribution is 5.27. The summed E-state index contributed by atoms with van der Waals surface area (Å²) in [5.74, 6) is 1.80. The molecule has 1 saturated heterocycles. The summed E-state index contributed by atoms with van der Waals surface area (Å²) in [7, 11) is 0. The minimum absolute atomic E-state index is 0.0652. The van der Waals surface area contributed by atoms with E-state index < -0.39 is 36.3 Å². The second-order valence-electron chi connectivity index (χ2n) is 15.8. The maximum Gasteiger partial charge on any atom is 0.186 e. The van der Waals surface area contributed by atoms with E-state index in [0.717, 1.165) is 31.3 Å². The van der Waals surface area contributed by atoms with Crippen LogP contribution in [0.2, 0.25) is 0 Å². The molecule has 14 atom stereocenters. The molecule has 0 aromatic heterocycles. The first-order valence-corrected chi connectivity index (χ1v) is 16.7. The van der Waals surface area contributed by atoms with Crippen molar-refractivity contribution in [3.8, 4) is 0 Å². The fraction of sp³-hybridized carbons (Fsp3) is 0.886. The van der Waals surface area contributed by atoms with Crippen LogP contribution in [0.3, 0.4) is 0 Å². The zero-order chi connectivity index (χ0) is 30.8. The van der Waals surface area contributed by atoms with Gasteiger partial charge in [-0.2, -0.15) is 0 Å². The lowest BCUT2D eigenvalue weighted by atomic mass is 9.51. The van der Waals surface area contributed by atoms with Gasteiger partial charge in [-0.25, -0.2) is 0 Å². The summed E-state index contributed by atoms with van der Waals surface area (Å²) in [6.07, 6.45) is 5.26. The molecule has 7 heteroatoms. The first kappa shape index (κ1) is 32.6. The summed E-state index contributed by atoms with van der Waals surface area (Å²) >= 11 is 0. The number of aliphatic hydroxyl groups is 5. The molecule has 0 aromatic carbocycles. The predicted molar refractivity (Wildman–Crippen MR) is 162 cm³/mol. The molecule has 4 fully saturated rings. The quantitative estimate of drug-likeness (QED) is 0.272. The van der Waals surface area contributed by atoms with Gasteiger partial charge in [0.2, 0.25) is 0 Å². The van der Waals surface area contributed by atoms with Gasteiger partial charge >= 0.3 is 0 Å². The molecular formula is C35H58O7. The smallest absolute Gasteiger partial charge is 0.186 e. The molecule has 3 saturated carbocycles. The van der Waals surface area contributed by atoms with Crippen molar-refractivity contribution in [1.82, 2.24) is 0 Å². The van der Waals surface area contributed by atoms with Crippen LogP contribution in [-0.2, 0) is 9.47 Å². The van der Waals surface area contributed by atoms with E-state index in [1.54, 1.807) is 0 Å². The van der Waals surface area contributed by atoms with E-state index in [4.69, 9.17) is 9.47 Å². The van der Waals surface area contributed by atoms with E-state index >= 15 is 0 Å². The number of ether oxygens (including phenoxy) is 2. The Morgan fingerprint density at radius 2 is 1.76 bits per heavy atom. The van der Waals surface area contributed by atoms with Gasteiger partial charge in [0.05, 0.1) is 24.4 Å². The Bertz CT molecular complexity index is 1030. The topological polar surface area (TPSA) is 120 Å². The Morgan fingerprint density at radius 1 is 1.05 bits per heavy atom. The number of hydrogen-bond donors (Lipinski definition) is 5. The lowest BCUT2D eigenvalue weighted by Gasteiger charge is -2.54. The maximum absolute atomic E-state index is 12.2. The first-order chi connectivity index (χ1) is 19.6. The molecule has 0 bridgehead atoms. The van der Waals surface area contributed by atoms with E-state index in [9.17, 15) is 25.5 Å². The van der Waals surface area contributed by atoms with Crippen molar-refractivity contribution < 1.29 is 35.0 Å². The summed E-state index contributed by atoms with van der Waals surface area (Å²) < 4.78 is 11.8. The van der Waals surface area contributed by atoms with E-state index in [0.29, 0.717) is 37.0 Å². The predicted octanol–water partition coefficient (Wildman–Crippen LogP) is 4.74. The number of fused-ring (bicyclic) bond motifs is 4. The normalized spacial score (nSPS) is 48.9. The van der Waals surface area contributed by atoms with Crippen LogP contribution in [-0.4, -0.2) is 74.6 Å². The summed E-state index contributed by atoms with van der Waals surface area (Å²) in [5, 5.41) is 53.5. The van der Waals surface area contributed by atoms with E-state index in [1.807, 2.05) is 0 Å². The highest BCUT2D eigenvalue weighted by Gasteiger charge is 2.62. The summed E-state index contributed by atoms with van der Waals surface area (Å²) in [4.78, 5) is 0. The van der Waals surface area contributed by atoms with Gasteiger partial charge in [-0.3, -0.25) is 0 Å². The molecule has 0 unspecified atom stereocenters. The molecule has 5 N–H and O–H groups in total. The molecule has 0 radical (unpaired) electrons. The van der Waals surface area contributed by atoms with Gasteiger partial charge in [-0.1, -0.05) is 59.8 Å². The summed E-state index contributed by atoms with van der Waals surface area (Å²) in [5.41, 5.74) is 1.90. The number of rotatable bonds is 7. The van der Waals surface area contributed by atoms with Gasteiger partial charge < -0.3 is 35.0 Å². The molecule has 1 heterocycles. The fourth-order valence-electron chi connectivity index (χ4n) is 10.3. The highest BCUT2D eigenvalue weighted by Crippen LogP contribution is 2.69. The van der Waals surface area contributed by atoms with Crippen molar-refractivity contribution >= 4 is 0 Å². The molecule has 5 rings (SSSR count). The van der Waals surface area contributed by atoms with Gasteiger partial charge in [-0.05, 0) is 110 Å². The average molecular weight is 591 g/mol. The van der Waals surface area contributed by atoms with Crippen LogP contribution in [0.5, 0.6) is 0 Å². The van der Waals surface area contributed by atoms with E-state index in [-0.39, 0.29) is 41.3 Å². The minimum Gasteiger partial charge on any atom is -0.389 e. The van der Waals surface area contributed by atoms with Crippen LogP contribution in [0.25, 0.3) is 0 Å². The molecule has 42 heavy (non-hydrogen) atoms. The highest BCUT2D eigenvalue weighted by atomic mass is 16.7. The van der Waals surface area contributed by atoms with Crippen molar-refractivity contribution in [3.05, 3.63) is 23.8 Å². The molecule has 1 aliphatic heterocycles. The van der Waals surface area contributed by atoms with Crippen LogP contribution >= 0.6 is 0 Å². The Hall–Kier alpha value is -0.800. The maximum atomic E-state index is 12.2. The van der Waals surface area contributed by atoms with Gasteiger partial charge in [0.1, 0.15) is 18.3 Å². The third kappa shape index (κ3) is 5.37. The van der Waals surface area contributed by atoms with Crippen LogP contribution in [0.15, 0.2) is 23.8 Å². The Morgan fingerprint density at radius 3 is 2.45 bits per heavy atom. The molecule has 4 aliphatic carbocycles. The SMILES string of the molecule is C=C(C(C)C)[C@H](O)C[C@@H](C)[C@H]1CC[C@@]2(C)[C@@H]3CC[C@H]4[C@H](C)[C@@H](O[C@@H]5OC[C@@H](O)[C@H](O)[C@H]5O)CC[C@]4(O)CC3=CC[C@]12C. The van der Waals surface area contributed by atoms with Crippen LogP contribution < -0.4 is 0 Å². The molecule has 0 aromatic rings. The van der Waals surface area contributed by atoms with Crippen molar-refractivity contribution in [2.24, 2.45) is 46.3 Å². The molecule has 0 amide bonds. The second-order valence-corrected chi connectivity index (χ2v) is 15.8. The van der Waals surface area contributed by atoms with Crippen molar-refractivity contribution in [3.63, 3.8) is 0 Å². The minimum atomic E-state index is -1.30. The lowest BCUT2D eigenvalue weighted by molar-refractivity contribution is -0.295. The van der Waals surface area contributed by atoms with Crippen LogP contribution in [0, 0.1) is 46.3 Å². The lowest BCUT2D eigenvalue weighted by Crippen LogP contribution is -2.56. The zero-order valence-electron chi connectivity index (χ0n) is 26.8. The summed E-state index contributed by atoms with van der Waals surface area (Å²) in [6.45, 7) is 17.8. The third-order valence-corrected chi connectivity index (χ3v) is 13.4. The van der Waals surface area contributed by atoms with Gasteiger partial charge in [0, 0.05) is 0 Å². The molecule has 5 aliphatic rings. The molecule has 7 nitrogen and oxygen atoms in total. The fourth-order valence-corrected chi connectivity index (χ4v) is 10.3. The molecule has 240 valence electrons. The van der Waals surface area contributed by atoms with Crippen molar-refractivity contribution in [2.75, 3.05) is 6.61 Å². The second kappa shape index (κ2) is 11.9. The van der Waals surface area contributed by atoms with E-state index in [2.05, 4.69) is 54.2 Å². The zero-order valence-corrected chi connectivity index (χ0v) is 26.8. The monoisotopic (exact) mass is 590 g/mol.